The highest BCUT2D eigenvalue weighted by atomic mass is 16.5. The summed E-state index contributed by atoms with van der Waals surface area (Å²) in [6.07, 6.45) is 2.65. The molecule has 17 nitrogen and oxygen atoms in total. The number of nitrogen functional groups attached to an aromatic ring is 3. The summed E-state index contributed by atoms with van der Waals surface area (Å²) in [6.45, 7) is 5.67. The normalized spacial score (nSPS) is 13.9. The van der Waals surface area contributed by atoms with Crippen LogP contribution in [0.1, 0.15) is 50.0 Å². The summed E-state index contributed by atoms with van der Waals surface area (Å²) in [7, 11) is 2.09. The highest BCUT2D eigenvalue weighted by Crippen LogP contribution is 2.39. The van der Waals surface area contributed by atoms with Crippen molar-refractivity contribution in [3.63, 3.8) is 0 Å². The van der Waals surface area contributed by atoms with Crippen LogP contribution in [0.15, 0.2) is 128 Å². The molecule has 4 aromatic carbocycles. The number of hydrogen-bond acceptors (Lipinski definition) is 17. The van der Waals surface area contributed by atoms with Gasteiger partial charge in [0.15, 0.2) is 34.7 Å². The molecule has 0 spiro atoms. The number of aromatic hydroxyl groups is 2. The third-order valence-corrected chi connectivity index (χ3v) is 11.7. The summed E-state index contributed by atoms with van der Waals surface area (Å²) in [5, 5.41) is 46.5. The van der Waals surface area contributed by atoms with Gasteiger partial charge in [-0.3, -0.25) is 4.98 Å². The van der Waals surface area contributed by atoms with Gasteiger partial charge in [-0.05, 0) is 93.9 Å². The van der Waals surface area contributed by atoms with Crippen LogP contribution in [0.3, 0.4) is 0 Å². The Labute approximate surface area is 392 Å². The van der Waals surface area contributed by atoms with Crippen molar-refractivity contribution in [3.05, 3.63) is 139 Å². The third kappa shape index (κ3) is 9.97. The number of likely N-dealkylation sites (tertiary alicyclic amines) is 1. The van der Waals surface area contributed by atoms with Crippen molar-refractivity contribution in [3.8, 4) is 85.3 Å². The Morgan fingerprint density at radius 2 is 1.09 bits per heavy atom. The number of benzene rings is 4. The second-order valence-corrected chi connectivity index (χ2v) is 16.5. The van der Waals surface area contributed by atoms with Gasteiger partial charge >= 0.3 is 0 Å². The third-order valence-electron chi connectivity index (χ3n) is 11.7. The van der Waals surface area contributed by atoms with Gasteiger partial charge in [-0.2, -0.15) is 0 Å². The van der Waals surface area contributed by atoms with Crippen LogP contribution >= 0.6 is 0 Å². The van der Waals surface area contributed by atoms with Gasteiger partial charge in [0.1, 0.15) is 58.4 Å². The molecule has 0 bridgehead atoms. The van der Waals surface area contributed by atoms with Crippen molar-refractivity contribution in [2.45, 2.75) is 45.0 Å². The number of nitrogens with zero attached hydrogens (tertiary/aromatic N) is 8. The number of hydrogen-bond donors (Lipinski definition) is 5. The number of para-hydroxylation sites is 2. The summed E-state index contributed by atoms with van der Waals surface area (Å²) < 4.78 is 25.1. The summed E-state index contributed by atoms with van der Waals surface area (Å²) in [5.74, 6) is 2.79. The number of anilines is 3. The number of phenolic OH excluding ortho intramolecular Hbond substituents is 2. The molecule has 1 aliphatic heterocycles. The molecule has 344 valence electrons. The van der Waals surface area contributed by atoms with Gasteiger partial charge < -0.3 is 51.3 Å². The van der Waals surface area contributed by atoms with Crippen LogP contribution in [0.2, 0.25) is 0 Å². The number of aromatic nitrogens is 7. The maximum absolute atomic E-state index is 11.1. The van der Waals surface area contributed by atoms with E-state index in [1.165, 1.54) is 0 Å². The summed E-state index contributed by atoms with van der Waals surface area (Å²) in [4.78, 5) is 6.95. The molecule has 9 rings (SSSR count). The number of ether oxygens (including phenoxy) is 4. The standard InChI is InChI=1S/C51H49N11O6/c1-29(65-46-25-40(56-59-49(46)52)36-8-4-6-10-43(36)63)31-12-16-34(17-13-31)67-45-11-7-5-9-38(45)42-27-47(50(53)60-58-42)66-30(2)33-15-19-39(55-28-33)32-14-18-37(44(64)24-32)41-26-48(51(54)61-57-41)68-35-20-22-62(3)23-21-35/h4-19,24-30,35,63-64H,20-23H2,1-3H3,(H2,52,59)(H2,53,60)(H2,54,61)/t29-,30?/m0/s1. The first kappa shape index (κ1) is 44.6. The first-order chi connectivity index (χ1) is 32.9. The van der Waals surface area contributed by atoms with Gasteiger partial charge in [0, 0.05) is 65.3 Å². The molecular formula is C51H49N11O6. The first-order valence-electron chi connectivity index (χ1n) is 22.0. The molecule has 17 heteroatoms. The Kier molecular flexibility index (Phi) is 12.8. The molecule has 2 atom stereocenters. The fourth-order valence-corrected chi connectivity index (χ4v) is 7.74. The van der Waals surface area contributed by atoms with Gasteiger partial charge in [0.25, 0.3) is 0 Å². The molecule has 0 amide bonds. The fraction of sp³-hybridized carbons (Fsp3) is 0.196. The zero-order valence-electron chi connectivity index (χ0n) is 37.5. The predicted molar refractivity (Wildman–Crippen MR) is 258 cm³/mol. The van der Waals surface area contributed by atoms with Crippen molar-refractivity contribution in [1.29, 1.82) is 0 Å². The van der Waals surface area contributed by atoms with E-state index in [0.717, 1.165) is 37.1 Å². The summed E-state index contributed by atoms with van der Waals surface area (Å²) >= 11 is 0. The topological polar surface area (TPSA) is 249 Å². The maximum Gasteiger partial charge on any atom is 0.188 e. The molecule has 1 unspecified atom stereocenters. The molecule has 1 fully saturated rings. The molecule has 1 aliphatic rings. The number of rotatable bonds is 14. The van der Waals surface area contributed by atoms with Crippen molar-refractivity contribution in [2.24, 2.45) is 0 Å². The predicted octanol–water partition coefficient (Wildman–Crippen LogP) is 8.82. The van der Waals surface area contributed by atoms with E-state index in [1.54, 1.807) is 60.8 Å². The van der Waals surface area contributed by atoms with E-state index < -0.39 is 12.2 Å². The average Bonchev–Trinajstić information content (AvgIpc) is 3.35. The largest absolute Gasteiger partial charge is 0.507 e. The summed E-state index contributed by atoms with van der Waals surface area (Å²) in [6, 6.07) is 35.9. The lowest BCUT2D eigenvalue weighted by molar-refractivity contribution is 0.114. The van der Waals surface area contributed by atoms with E-state index in [9.17, 15) is 10.2 Å². The molecule has 68 heavy (non-hydrogen) atoms. The van der Waals surface area contributed by atoms with Crippen LogP contribution in [-0.2, 0) is 0 Å². The quantitative estimate of drug-likeness (QED) is 0.0683. The van der Waals surface area contributed by atoms with Crippen LogP contribution in [0.5, 0.6) is 40.2 Å². The molecule has 8 aromatic rings. The number of nitrogens with two attached hydrogens (primary N) is 3. The minimum atomic E-state index is -0.469. The smallest absolute Gasteiger partial charge is 0.188 e. The van der Waals surface area contributed by atoms with Crippen LogP contribution in [-0.4, -0.2) is 76.9 Å². The summed E-state index contributed by atoms with van der Waals surface area (Å²) in [5.41, 5.74) is 24.6. The lowest BCUT2D eigenvalue weighted by Crippen LogP contribution is -2.35. The molecule has 4 aromatic heterocycles. The minimum absolute atomic E-state index is 0.0138. The van der Waals surface area contributed by atoms with Gasteiger partial charge in [0.2, 0.25) is 0 Å². The first-order valence-corrected chi connectivity index (χ1v) is 22.0. The van der Waals surface area contributed by atoms with Crippen molar-refractivity contribution in [2.75, 3.05) is 37.3 Å². The Bertz CT molecular complexity index is 3060. The fourth-order valence-electron chi connectivity index (χ4n) is 7.74. The second kappa shape index (κ2) is 19.5. The van der Waals surface area contributed by atoms with Crippen LogP contribution in [0, 0.1) is 0 Å². The molecule has 0 aliphatic carbocycles. The van der Waals surface area contributed by atoms with Gasteiger partial charge in [0.05, 0.1) is 5.69 Å². The van der Waals surface area contributed by atoms with E-state index in [2.05, 4.69) is 47.5 Å². The highest BCUT2D eigenvalue weighted by molar-refractivity contribution is 5.75. The van der Waals surface area contributed by atoms with Crippen LogP contribution in [0.4, 0.5) is 17.5 Å². The lowest BCUT2D eigenvalue weighted by atomic mass is 10.0. The van der Waals surface area contributed by atoms with Crippen LogP contribution < -0.4 is 36.1 Å². The molecule has 0 radical (unpaired) electrons. The van der Waals surface area contributed by atoms with Gasteiger partial charge in [-0.1, -0.05) is 48.5 Å². The zero-order valence-corrected chi connectivity index (χ0v) is 37.5. The maximum atomic E-state index is 11.1. The molecule has 1 saturated heterocycles. The number of pyridine rings is 1. The lowest BCUT2D eigenvalue weighted by Gasteiger charge is -2.29. The zero-order chi connectivity index (χ0) is 47.3. The van der Waals surface area contributed by atoms with Crippen molar-refractivity contribution < 1.29 is 29.2 Å². The Balaban J connectivity index is 0.845. The number of piperidine rings is 1. The second-order valence-electron chi connectivity index (χ2n) is 16.5. The highest BCUT2D eigenvalue weighted by Gasteiger charge is 2.22. The Morgan fingerprint density at radius 1 is 0.544 bits per heavy atom. The Morgan fingerprint density at radius 3 is 1.71 bits per heavy atom. The minimum Gasteiger partial charge on any atom is -0.507 e. The van der Waals surface area contributed by atoms with E-state index in [0.29, 0.717) is 73.8 Å². The average molecular weight is 912 g/mol. The van der Waals surface area contributed by atoms with E-state index in [-0.39, 0.29) is 35.1 Å². The van der Waals surface area contributed by atoms with Gasteiger partial charge in [-0.15, -0.1) is 30.6 Å². The van der Waals surface area contributed by atoms with Gasteiger partial charge in [-0.25, -0.2) is 0 Å². The number of phenols is 2. The van der Waals surface area contributed by atoms with Crippen molar-refractivity contribution >= 4 is 17.5 Å². The van der Waals surface area contributed by atoms with Crippen molar-refractivity contribution in [1.82, 2.24) is 40.5 Å². The molecule has 0 saturated carbocycles. The monoisotopic (exact) mass is 911 g/mol. The van der Waals surface area contributed by atoms with Crippen LogP contribution in [0.25, 0.3) is 45.0 Å². The molecule has 5 heterocycles. The Hall–Kier alpha value is -8.57. The SMILES string of the molecule is CC(Oc1cc(-c2ccccc2Oc2ccc([C@H](C)Oc3cc(-c4ccccc4O)nnc3N)cc2)nnc1N)c1ccc(-c2ccc(-c3cc(OC4CCN(C)CC4)c(N)nn3)c(O)c2)nc1. The van der Waals surface area contributed by atoms with E-state index in [1.807, 2.05) is 80.6 Å². The molecule has 8 N–H and O–H groups in total. The van der Waals surface area contributed by atoms with E-state index in [4.69, 9.17) is 36.1 Å². The van der Waals surface area contributed by atoms with E-state index >= 15 is 0 Å². The molecular weight excluding hydrogens is 863 g/mol.